The van der Waals surface area contributed by atoms with Crippen molar-refractivity contribution in [3.8, 4) is 23.0 Å². The van der Waals surface area contributed by atoms with E-state index in [4.69, 9.17) is 23.9 Å². The number of methoxy groups -OCH3 is 4. The molecule has 0 bridgehead atoms. The lowest BCUT2D eigenvalue weighted by molar-refractivity contribution is 0.411. The Morgan fingerprint density at radius 3 is 1.58 bits per heavy atom. The van der Waals surface area contributed by atoms with Crippen LogP contribution in [0.5, 0.6) is 23.0 Å². The Kier molecular flexibility index (Phi) is 8.02. The molecule has 1 heterocycles. The van der Waals surface area contributed by atoms with Crippen molar-refractivity contribution in [3.05, 3.63) is 65.9 Å². The summed E-state index contributed by atoms with van der Waals surface area (Å²) in [5.74, 6) is 3.40. The first-order valence-electron chi connectivity index (χ1n) is 12.1. The maximum atomic E-state index is 5.51. The smallest absolute Gasteiger partial charge is 0.145 e. The van der Waals surface area contributed by atoms with E-state index in [1.54, 1.807) is 28.4 Å². The molecule has 0 unspecified atom stereocenters. The molecule has 192 valence electrons. The minimum absolute atomic E-state index is 0.0255. The topological polar surface area (TPSA) is 49.8 Å². The summed E-state index contributed by atoms with van der Waals surface area (Å²) in [6, 6.07) is 18.2. The molecule has 4 rings (SSSR count). The van der Waals surface area contributed by atoms with Crippen LogP contribution in [-0.2, 0) is 10.8 Å². The minimum Gasteiger partial charge on any atom is -0.496 e. The molecule has 0 saturated heterocycles. The first-order valence-corrected chi connectivity index (χ1v) is 12.1. The van der Waals surface area contributed by atoms with Crippen molar-refractivity contribution < 1.29 is 18.9 Å². The Hall–Kier alpha value is -3.47. The molecular formula is C31H39NO4. The number of fused-ring (bicyclic) bond motifs is 2. The number of pyridine rings is 1. The zero-order valence-corrected chi connectivity index (χ0v) is 23.3. The van der Waals surface area contributed by atoms with Gasteiger partial charge in [0.15, 0.2) is 0 Å². The molecule has 0 amide bonds. The highest BCUT2D eigenvalue weighted by atomic mass is 16.5. The monoisotopic (exact) mass is 489 g/mol. The molecule has 0 atom stereocenters. The number of hydrogen-bond acceptors (Lipinski definition) is 5. The lowest BCUT2D eigenvalue weighted by atomic mass is 9.85. The molecule has 5 heteroatoms. The van der Waals surface area contributed by atoms with Gasteiger partial charge in [-0.2, -0.15) is 0 Å². The lowest BCUT2D eigenvalue weighted by Gasteiger charge is -2.21. The normalized spacial score (nSPS) is 11.6. The van der Waals surface area contributed by atoms with Crippen LogP contribution in [-0.4, -0.2) is 33.4 Å². The second kappa shape index (κ2) is 10.7. The van der Waals surface area contributed by atoms with Crippen molar-refractivity contribution >= 4 is 21.7 Å². The average Bonchev–Trinajstić information content (AvgIpc) is 2.85. The fourth-order valence-electron chi connectivity index (χ4n) is 4.01. The van der Waals surface area contributed by atoms with Gasteiger partial charge in [-0.1, -0.05) is 59.7 Å². The fraction of sp³-hybridized carbons (Fsp3) is 0.387. The van der Waals surface area contributed by atoms with Crippen LogP contribution in [0.4, 0.5) is 0 Å². The first-order chi connectivity index (χ1) is 16.9. The summed E-state index contributed by atoms with van der Waals surface area (Å²) in [5, 5.41) is 3.17. The van der Waals surface area contributed by atoms with Gasteiger partial charge in [-0.05, 0) is 41.3 Å². The van der Waals surface area contributed by atoms with Gasteiger partial charge in [0.05, 0.1) is 34.1 Å². The van der Waals surface area contributed by atoms with Crippen LogP contribution in [0.2, 0.25) is 0 Å². The van der Waals surface area contributed by atoms with Crippen LogP contribution in [0.1, 0.15) is 52.8 Å². The highest BCUT2D eigenvalue weighted by Crippen LogP contribution is 2.37. The van der Waals surface area contributed by atoms with Crippen molar-refractivity contribution in [2.45, 2.75) is 52.4 Å². The van der Waals surface area contributed by atoms with E-state index in [1.165, 1.54) is 5.56 Å². The van der Waals surface area contributed by atoms with Gasteiger partial charge in [0.2, 0.25) is 0 Å². The number of aromatic nitrogens is 1. The lowest BCUT2D eigenvalue weighted by Crippen LogP contribution is -2.14. The maximum absolute atomic E-state index is 5.51. The van der Waals surface area contributed by atoms with Crippen LogP contribution in [0.25, 0.3) is 21.7 Å². The predicted molar refractivity (Wildman–Crippen MR) is 149 cm³/mol. The first kappa shape index (κ1) is 27.1. The molecule has 0 spiro atoms. The zero-order chi connectivity index (χ0) is 26.7. The Morgan fingerprint density at radius 1 is 0.528 bits per heavy atom. The molecular weight excluding hydrogens is 450 g/mol. The average molecular weight is 490 g/mol. The molecule has 1 aromatic heterocycles. The summed E-state index contributed by atoms with van der Waals surface area (Å²) >= 11 is 0. The largest absolute Gasteiger partial charge is 0.496 e. The fourth-order valence-corrected chi connectivity index (χ4v) is 4.01. The standard InChI is InChI=1S/C16H20O2.C15H19NO2/c1-16(2,3)11-9-13-12(15(10-11)18-5)7-6-8-14(13)17-4;1-15(2,3)13-9-12(18-5)10-7-6-8-11(17-4)14(10)16-13/h6-10H,1-5H3;6-9H,1-5H3. The van der Waals surface area contributed by atoms with Crippen LogP contribution in [0, 0.1) is 0 Å². The molecule has 0 N–H and O–H groups in total. The highest BCUT2D eigenvalue weighted by molar-refractivity contribution is 5.94. The summed E-state index contributed by atoms with van der Waals surface area (Å²) in [6.45, 7) is 13.0. The van der Waals surface area contributed by atoms with E-state index < -0.39 is 0 Å². The molecule has 0 aliphatic heterocycles. The molecule has 4 aromatic rings. The SMILES string of the molecule is COc1cc(C(C)(C)C)cc2c(OC)cccc12.COc1cc(C(C)(C)C)nc2c(OC)cccc12. The molecule has 3 aromatic carbocycles. The van der Waals surface area contributed by atoms with Crippen molar-refractivity contribution in [3.63, 3.8) is 0 Å². The molecule has 36 heavy (non-hydrogen) atoms. The van der Waals surface area contributed by atoms with Crippen LogP contribution in [0.15, 0.2) is 54.6 Å². The van der Waals surface area contributed by atoms with Crippen molar-refractivity contribution in [2.24, 2.45) is 0 Å². The molecule has 5 nitrogen and oxygen atoms in total. The third-order valence-corrected chi connectivity index (χ3v) is 6.20. The van der Waals surface area contributed by atoms with Gasteiger partial charge in [0.1, 0.15) is 28.5 Å². The number of para-hydroxylation sites is 1. The van der Waals surface area contributed by atoms with Gasteiger partial charge >= 0.3 is 0 Å². The van der Waals surface area contributed by atoms with E-state index in [0.29, 0.717) is 0 Å². The third-order valence-electron chi connectivity index (χ3n) is 6.20. The van der Waals surface area contributed by atoms with Gasteiger partial charge in [-0.15, -0.1) is 0 Å². The molecule has 0 aliphatic carbocycles. The Morgan fingerprint density at radius 2 is 1.06 bits per heavy atom. The van der Waals surface area contributed by atoms with Crippen molar-refractivity contribution in [1.82, 2.24) is 4.98 Å². The summed E-state index contributed by atoms with van der Waals surface area (Å²) in [6.07, 6.45) is 0. The van der Waals surface area contributed by atoms with Gasteiger partial charge < -0.3 is 18.9 Å². The van der Waals surface area contributed by atoms with Crippen LogP contribution in [0.3, 0.4) is 0 Å². The molecule has 0 aliphatic rings. The van der Waals surface area contributed by atoms with E-state index in [-0.39, 0.29) is 10.8 Å². The number of hydrogen-bond donors (Lipinski definition) is 0. The minimum atomic E-state index is -0.0255. The molecule has 0 saturated carbocycles. The quantitative estimate of drug-likeness (QED) is 0.294. The number of benzene rings is 3. The summed E-state index contributed by atoms with van der Waals surface area (Å²) < 4.78 is 21.8. The summed E-state index contributed by atoms with van der Waals surface area (Å²) in [4.78, 5) is 4.72. The van der Waals surface area contributed by atoms with Gasteiger partial charge in [-0.25, -0.2) is 4.98 Å². The van der Waals surface area contributed by atoms with E-state index in [2.05, 4.69) is 59.7 Å². The van der Waals surface area contributed by atoms with Gasteiger partial charge in [-0.3, -0.25) is 0 Å². The van der Waals surface area contributed by atoms with Crippen molar-refractivity contribution in [1.29, 1.82) is 0 Å². The van der Waals surface area contributed by atoms with E-state index in [9.17, 15) is 0 Å². The highest BCUT2D eigenvalue weighted by Gasteiger charge is 2.20. The molecule has 0 radical (unpaired) electrons. The second-order valence-electron chi connectivity index (χ2n) is 10.8. The molecule has 0 fully saturated rings. The second-order valence-corrected chi connectivity index (χ2v) is 10.8. The van der Waals surface area contributed by atoms with Crippen LogP contribution >= 0.6 is 0 Å². The predicted octanol–water partition coefficient (Wildman–Crippen LogP) is 7.70. The number of ether oxygens (including phenoxy) is 4. The van der Waals surface area contributed by atoms with E-state index in [1.807, 2.05) is 36.4 Å². The Balaban J connectivity index is 0.000000201. The van der Waals surface area contributed by atoms with E-state index >= 15 is 0 Å². The maximum Gasteiger partial charge on any atom is 0.145 e. The summed E-state index contributed by atoms with van der Waals surface area (Å²) in [5.41, 5.74) is 3.15. The van der Waals surface area contributed by atoms with Gasteiger partial charge in [0, 0.05) is 27.6 Å². The van der Waals surface area contributed by atoms with Gasteiger partial charge in [0.25, 0.3) is 0 Å². The van der Waals surface area contributed by atoms with Crippen molar-refractivity contribution in [2.75, 3.05) is 28.4 Å². The number of nitrogens with zero attached hydrogens (tertiary/aromatic N) is 1. The Bertz CT molecular complexity index is 1240. The third kappa shape index (κ3) is 5.67. The van der Waals surface area contributed by atoms with E-state index in [0.717, 1.165) is 50.4 Å². The number of rotatable bonds is 4. The summed E-state index contributed by atoms with van der Waals surface area (Å²) in [7, 11) is 6.75. The Labute approximate surface area is 215 Å². The zero-order valence-electron chi connectivity index (χ0n) is 23.3. The van der Waals surface area contributed by atoms with Crippen LogP contribution < -0.4 is 18.9 Å².